The SMILES string of the molecule is N#Cc1ccc([C@H](N)CC(F)F)cc1. The summed E-state index contributed by atoms with van der Waals surface area (Å²) in [6.07, 6.45) is -2.76. The number of benzene rings is 1. The maximum absolute atomic E-state index is 12.0. The van der Waals surface area contributed by atoms with Gasteiger partial charge in [0.25, 0.3) is 0 Å². The molecule has 1 aromatic rings. The van der Waals surface area contributed by atoms with Crippen LogP contribution in [0.5, 0.6) is 0 Å². The maximum Gasteiger partial charge on any atom is 0.240 e. The first-order valence-corrected chi connectivity index (χ1v) is 4.17. The van der Waals surface area contributed by atoms with E-state index in [-0.39, 0.29) is 6.42 Å². The Bertz CT molecular complexity index is 327. The molecule has 0 saturated heterocycles. The molecule has 0 spiro atoms. The monoisotopic (exact) mass is 196 g/mol. The van der Waals surface area contributed by atoms with Crippen molar-refractivity contribution in [2.24, 2.45) is 5.73 Å². The molecule has 0 aliphatic rings. The highest BCUT2D eigenvalue weighted by Gasteiger charge is 2.12. The highest BCUT2D eigenvalue weighted by Crippen LogP contribution is 2.18. The van der Waals surface area contributed by atoms with E-state index in [0.717, 1.165) is 0 Å². The minimum atomic E-state index is -2.40. The molecule has 2 N–H and O–H groups in total. The van der Waals surface area contributed by atoms with Gasteiger partial charge in [0.05, 0.1) is 11.6 Å². The van der Waals surface area contributed by atoms with Gasteiger partial charge in [-0.25, -0.2) is 8.78 Å². The Balaban J connectivity index is 2.72. The molecule has 0 amide bonds. The van der Waals surface area contributed by atoms with Gasteiger partial charge in [-0.1, -0.05) is 12.1 Å². The van der Waals surface area contributed by atoms with E-state index in [1.807, 2.05) is 6.07 Å². The molecule has 1 aromatic carbocycles. The predicted molar refractivity (Wildman–Crippen MR) is 48.7 cm³/mol. The molecule has 0 heterocycles. The first-order valence-electron chi connectivity index (χ1n) is 4.17. The van der Waals surface area contributed by atoms with Gasteiger partial charge in [-0.05, 0) is 17.7 Å². The number of nitrogens with two attached hydrogens (primary N) is 1. The van der Waals surface area contributed by atoms with Crippen LogP contribution >= 0.6 is 0 Å². The fourth-order valence-electron chi connectivity index (χ4n) is 1.13. The summed E-state index contributed by atoms with van der Waals surface area (Å²) in [5.41, 5.74) is 6.65. The summed E-state index contributed by atoms with van der Waals surface area (Å²) in [4.78, 5) is 0. The molecule has 0 radical (unpaired) electrons. The molecule has 0 saturated carbocycles. The summed E-state index contributed by atoms with van der Waals surface area (Å²) in [5, 5.41) is 8.51. The Morgan fingerprint density at radius 2 is 1.86 bits per heavy atom. The van der Waals surface area contributed by atoms with Crippen LogP contribution < -0.4 is 5.73 Å². The van der Waals surface area contributed by atoms with Crippen molar-refractivity contribution < 1.29 is 8.78 Å². The summed E-state index contributed by atoms with van der Waals surface area (Å²) in [5.74, 6) is 0. The summed E-state index contributed by atoms with van der Waals surface area (Å²) in [7, 11) is 0. The third-order valence-electron chi connectivity index (χ3n) is 1.90. The Morgan fingerprint density at radius 1 is 1.29 bits per heavy atom. The number of hydrogen-bond donors (Lipinski definition) is 1. The van der Waals surface area contributed by atoms with E-state index >= 15 is 0 Å². The number of hydrogen-bond acceptors (Lipinski definition) is 2. The first kappa shape index (κ1) is 10.6. The second-order valence-electron chi connectivity index (χ2n) is 2.97. The second kappa shape index (κ2) is 4.68. The number of rotatable bonds is 3. The van der Waals surface area contributed by atoms with Gasteiger partial charge >= 0.3 is 0 Å². The molecule has 14 heavy (non-hydrogen) atoms. The Hall–Kier alpha value is -1.47. The van der Waals surface area contributed by atoms with Crippen molar-refractivity contribution in [2.75, 3.05) is 0 Å². The third kappa shape index (κ3) is 2.79. The predicted octanol–water partition coefficient (Wildman–Crippen LogP) is 2.21. The zero-order valence-corrected chi connectivity index (χ0v) is 7.45. The lowest BCUT2D eigenvalue weighted by Crippen LogP contribution is -2.13. The van der Waals surface area contributed by atoms with Crippen molar-refractivity contribution in [2.45, 2.75) is 18.9 Å². The van der Waals surface area contributed by atoms with Crippen molar-refractivity contribution in [1.82, 2.24) is 0 Å². The van der Waals surface area contributed by atoms with Crippen LogP contribution in [0.15, 0.2) is 24.3 Å². The average molecular weight is 196 g/mol. The molecular formula is C10H10F2N2. The zero-order chi connectivity index (χ0) is 10.6. The van der Waals surface area contributed by atoms with E-state index in [0.29, 0.717) is 11.1 Å². The molecule has 74 valence electrons. The van der Waals surface area contributed by atoms with E-state index in [1.54, 1.807) is 24.3 Å². The van der Waals surface area contributed by atoms with E-state index < -0.39 is 12.5 Å². The normalized spacial score (nSPS) is 12.5. The largest absolute Gasteiger partial charge is 0.324 e. The maximum atomic E-state index is 12.0. The summed E-state index contributed by atoms with van der Waals surface area (Å²) in [6.45, 7) is 0. The average Bonchev–Trinajstić information content (AvgIpc) is 2.17. The molecule has 2 nitrogen and oxygen atoms in total. The first-order chi connectivity index (χ1) is 6.63. The lowest BCUT2D eigenvalue weighted by molar-refractivity contribution is 0.128. The van der Waals surface area contributed by atoms with Crippen molar-refractivity contribution in [3.05, 3.63) is 35.4 Å². The minimum Gasteiger partial charge on any atom is -0.324 e. The number of nitrogens with zero attached hydrogens (tertiary/aromatic N) is 1. The molecule has 0 fully saturated rings. The quantitative estimate of drug-likeness (QED) is 0.805. The zero-order valence-electron chi connectivity index (χ0n) is 7.45. The van der Waals surface area contributed by atoms with Crippen LogP contribution in [0.3, 0.4) is 0 Å². The molecule has 0 bridgehead atoms. The molecular weight excluding hydrogens is 186 g/mol. The van der Waals surface area contributed by atoms with Crippen molar-refractivity contribution in [3.8, 4) is 6.07 Å². The molecule has 0 aliphatic heterocycles. The van der Waals surface area contributed by atoms with Gasteiger partial charge in [0.1, 0.15) is 0 Å². The van der Waals surface area contributed by atoms with Crippen LogP contribution in [0.1, 0.15) is 23.6 Å². The molecule has 0 aliphatic carbocycles. The standard InChI is InChI=1S/C10H10F2N2/c11-10(12)5-9(14)8-3-1-7(6-13)2-4-8/h1-4,9-10H,5,14H2/t9-/m1/s1. The number of nitriles is 1. The van der Waals surface area contributed by atoms with Crippen LogP contribution in [-0.4, -0.2) is 6.43 Å². The molecule has 1 rings (SSSR count). The topological polar surface area (TPSA) is 49.8 Å². The fraction of sp³-hybridized carbons (Fsp3) is 0.300. The van der Waals surface area contributed by atoms with Gasteiger partial charge in [0.15, 0.2) is 0 Å². The van der Waals surface area contributed by atoms with E-state index in [4.69, 9.17) is 11.0 Å². The molecule has 4 heteroatoms. The van der Waals surface area contributed by atoms with E-state index in [9.17, 15) is 8.78 Å². The van der Waals surface area contributed by atoms with Crippen LogP contribution in [-0.2, 0) is 0 Å². The lowest BCUT2D eigenvalue weighted by atomic mass is 10.0. The molecule has 0 aromatic heterocycles. The summed E-state index contributed by atoms with van der Waals surface area (Å²) < 4.78 is 24.0. The second-order valence-corrected chi connectivity index (χ2v) is 2.97. The van der Waals surface area contributed by atoms with Gasteiger partial charge < -0.3 is 5.73 Å². The minimum absolute atomic E-state index is 0.355. The van der Waals surface area contributed by atoms with Gasteiger partial charge in [0, 0.05) is 12.5 Å². The van der Waals surface area contributed by atoms with Crippen LogP contribution in [0.2, 0.25) is 0 Å². The Kier molecular flexibility index (Phi) is 3.55. The van der Waals surface area contributed by atoms with Crippen LogP contribution in [0.25, 0.3) is 0 Å². The molecule has 1 atom stereocenters. The Labute approximate surface area is 81.0 Å². The smallest absolute Gasteiger partial charge is 0.240 e. The van der Waals surface area contributed by atoms with E-state index in [2.05, 4.69) is 0 Å². The van der Waals surface area contributed by atoms with Crippen molar-refractivity contribution in [3.63, 3.8) is 0 Å². The highest BCUT2D eigenvalue weighted by atomic mass is 19.3. The molecule has 0 unspecified atom stereocenters. The number of halogens is 2. The van der Waals surface area contributed by atoms with Gasteiger partial charge in [-0.15, -0.1) is 0 Å². The van der Waals surface area contributed by atoms with Crippen molar-refractivity contribution >= 4 is 0 Å². The van der Waals surface area contributed by atoms with E-state index in [1.165, 1.54) is 0 Å². The van der Waals surface area contributed by atoms with Gasteiger partial charge in [0.2, 0.25) is 6.43 Å². The van der Waals surface area contributed by atoms with Crippen LogP contribution in [0.4, 0.5) is 8.78 Å². The highest BCUT2D eigenvalue weighted by molar-refractivity contribution is 5.32. The summed E-state index contributed by atoms with van der Waals surface area (Å²) in [6, 6.07) is 7.63. The van der Waals surface area contributed by atoms with Gasteiger partial charge in [-0.3, -0.25) is 0 Å². The van der Waals surface area contributed by atoms with Crippen LogP contribution in [0, 0.1) is 11.3 Å². The Morgan fingerprint density at radius 3 is 2.29 bits per heavy atom. The lowest BCUT2D eigenvalue weighted by Gasteiger charge is -2.10. The third-order valence-corrected chi connectivity index (χ3v) is 1.90. The van der Waals surface area contributed by atoms with Crippen molar-refractivity contribution in [1.29, 1.82) is 5.26 Å². The summed E-state index contributed by atoms with van der Waals surface area (Å²) >= 11 is 0. The van der Waals surface area contributed by atoms with Gasteiger partial charge in [-0.2, -0.15) is 5.26 Å². The fourth-order valence-corrected chi connectivity index (χ4v) is 1.13. The number of alkyl halides is 2.